The van der Waals surface area contributed by atoms with E-state index in [2.05, 4.69) is 49.0 Å². The third kappa shape index (κ3) is 4.15. The van der Waals surface area contributed by atoms with E-state index in [9.17, 15) is 5.11 Å². The van der Waals surface area contributed by atoms with Crippen LogP contribution in [-0.2, 0) is 11.3 Å². The van der Waals surface area contributed by atoms with E-state index in [1.807, 2.05) is 6.20 Å². The van der Waals surface area contributed by atoms with Gasteiger partial charge in [-0.3, -0.25) is 0 Å². The summed E-state index contributed by atoms with van der Waals surface area (Å²) in [5, 5.41) is 12.7. The average molecular weight is 293 g/mol. The Morgan fingerprint density at radius 2 is 2.29 bits per heavy atom. The van der Waals surface area contributed by atoms with Crippen LogP contribution in [0.3, 0.4) is 0 Å². The van der Waals surface area contributed by atoms with Crippen molar-refractivity contribution in [3.05, 3.63) is 23.4 Å². The zero-order valence-electron chi connectivity index (χ0n) is 13.5. The highest BCUT2D eigenvalue weighted by molar-refractivity contribution is 5.48. The molecule has 0 aromatic carbocycles. The molecule has 1 saturated heterocycles. The molecule has 1 aromatic heterocycles. The van der Waals surface area contributed by atoms with Crippen molar-refractivity contribution >= 4 is 5.82 Å². The predicted octanol–water partition coefficient (Wildman–Crippen LogP) is 1.47. The Kier molecular flexibility index (Phi) is 5.56. The Labute approximate surface area is 127 Å². The summed E-state index contributed by atoms with van der Waals surface area (Å²) in [4.78, 5) is 6.88. The minimum absolute atomic E-state index is 0.0542. The summed E-state index contributed by atoms with van der Waals surface area (Å²) in [5.74, 6) is 0.998. The van der Waals surface area contributed by atoms with Crippen LogP contribution in [0.2, 0.25) is 0 Å². The number of anilines is 1. The number of nitrogens with zero attached hydrogens (tertiary/aromatic N) is 2. The molecule has 2 unspecified atom stereocenters. The fraction of sp³-hybridized carbons (Fsp3) is 0.688. The van der Waals surface area contributed by atoms with Crippen LogP contribution in [0.15, 0.2) is 12.3 Å². The summed E-state index contributed by atoms with van der Waals surface area (Å²) in [6.07, 6.45) is 1.82. The van der Waals surface area contributed by atoms with Crippen LogP contribution >= 0.6 is 0 Å². The molecular formula is C16H27N3O2. The van der Waals surface area contributed by atoms with Gasteiger partial charge >= 0.3 is 0 Å². The van der Waals surface area contributed by atoms with E-state index in [1.54, 1.807) is 0 Å². The summed E-state index contributed by atoms with van der Waals surface area (Å²) in [6.45, 7) is 10.7. The number of aromatic nitrogens is 1. The number of aliphatic hydroxyl groups is 1. The molecule has 0 radical (unpaired) electrons. The van der Waals surface area contributed by atoms with E-state index >= 15 is 0 Å². The molecule has 0 aliphatic carbocycles. The Bertz CT molecular complexity index is 465. The predicted molar refractivity (Wildman–Crippen MR) is 84.6 cm³/mol. The molecule has 1 aromatic rings. The Hall–Kier alpha value is -1.17. The molecule has 1 fully saturated rings. The topological polar surface area (TPSA) is 57.6 Å². The van der Waals surface area contributed by atoms with Crippen molar-refractivity contribution in [3.8, 4) is 0 Å². The fourth-order valence-electron chi connectivity index (χ4n) is 2.57. The van der Waals surface area contributed by atoms with Crippen LogP contribution in [0.5, 0.6) is 0 Å². The third-order valence-electron chi connectivity index (χ3n) is 3.80. The van der Waals surface area contributed by atoms with Gasteiger partial charge in [-0.2, -0.15) is 0 Å². The van der Waals surface area contributed by atoms with Crippen molar-refractivity contribution in [1.29, 1.82) is 0 Å². The SMILES string of the molecule is Cc1cc(CNC(C)C)cnc1N1CC(CO)OCC1C. The molecule has 5 nitrogen and oxygen atoms in total. The lowest BCUT2D eigenvalue weighted by Gasteiger charge is -2.39. The fourth-order valence-corrected chi connectivity index (χ4v) is 2.57. The molecule has 2 heterocycles. The first-order valence-electron chi connectivity index (χ1n) is 7.69. The van der Waals surface area contributed by atoms with Gasteiger partial charge in [0.2, 0.25) is 0 Å². The molecule has 2 atom stereocenters. The molecule has 0 amide bonds. The molecule has 2 rings (SSSR count). The molecule has 1 aliphatic rings. The Balaban J connectivity index is 2.12. The molecule has 118 valence electrons. The molecule has 1 aliphatic heterocycles. The Morgan fingerprint density at radius 3 is 2.90 bits per heavy atom. The van der Waals surface area contributed by atoms with Gasteiger partial charge in [0.15, 0.2) is 0 Å². The van der Waals surface area contributed by atoms with E-state index in [-0.39, 0.29) is 18.8 Å². The maximum atomic E-state index is 9.30. The van der Waals surface area contributed by atoms with Crippen LogP contribution in [0.25, 0.3) is 0 Å². The second-order valence-corrected chi connectivity index (χ2v) is 6.16. The number of aryl methyl sites for hydroxylation is 1. The van der Waals surface area contributed by atoms with Gasteiger partial charge in [0.05, 0.1) is 25.4 Å². The second kappa shape index (κ2) is 7.20. The number of nitrogens with one attached hydrogen (secondary N) is 1. The average Bonchev–Trinajstić information content (AvgIpc) is 2.46. The lowest BCUT2D eigenvalue weighted by atomic mass is 10.1. The minimum atomic E-state index is -0.121. The number of rotatable bonds is 5. The van der Waals surface area contributed by atoms with Gasteiger partial charge in [-0.15, -0.1) is 0 Å². The van der Waals surface area contributed by atoms with Gasteiger partial charge in [-0.05, 0) is 31.0 Å². The van der Waals surface area contributed by atoms with E-state index in [1.165, 1.54) is 11.1 Å². The molecule has 5 heteroatoms. The lowest BCUT2D eigenvalue weighted by molar-refractivity contribution is -0.0106. The number of hydrogen-bond donors (Lipinski definition) is 2. The van der Waals surface area contributed by atoms with Crippen LogP contribution in [0, 0.1) is 6.92 Å². The Morgan fingerprint density at radius 1 is 1.52 bits per heavy atom. The summed E-state index contributed by atoms with van der Waals surface area (Å²) >= 11 is 0. The van der Waals surface area contributed by atoms with Crippen LogP contribution in [-0.4, -0.2) is 48.0 Å². The summed E-state index contributed by atoms with van der Waals surface area (Å²) in [7, 11) is 0. The van der Waals surface area contributed by atoms with Gasteiger partial charge in [0.25, 0.3) is 0 Å². The highest BCUT2D eigenvalue weighted by Crippen LogP contribution is 2.23. The van der Waals surface area contributed by atoms with Crippen LogP contribution in [0.1, 0.15) is 31.9 Å². The van der Waals surface area contributed by atoms with Crippen molar-refractivity contribution < 1.29 is 9.84 Å². The normalized spacial score (nSPS) is 22.9. The van der Waals surface area contributed by atoms with Crippen molar-refractivity contribution in [2.24, 2.45) is 0 Å². The first kappa shape index (κ1) is 16.2. The number of hydrogen-bond acceptors (Lipinski definition) is 5. The number of aliphatic hydroxyl groups excluding tert-OH is 1. The first-order chi connectivity index (χ1) is 10.0. The van der Waals surface area contributed by atoms with Gasteiger partial charge in [0, 0.05) is 25.3 Å². The maximum absolute atomic E-state index is 9.30. The standard InChI is InChI=1S/C16H27N3O2/c1-11(2)17-6-14-5-12(3)16(18-7-14)19-8-15(9-20)21-10-13(19)4/h5,7,11,13,15,17,20H,6,8-10H2,1-4H3. The molecule has 0 spiro atoms. The molecule has 21 heavy (non-hydrogen) atoms. The smallest absolute Gasteiger partial charge is 0.131 e. The summed E-state index contributed by atoms with van der Waals surface area (Å²) < 4.78 is 5.59. The second-order valence-electron chi connectivity index (χ2n) is 6.16. The molecular weight excluding hydrogens is 266 g/mol. The highest BCUT2D eigenvalue weighted by Gasteiger charge is 2.27. The molecule has 0 bridgehead atoms. The van der Waals surface area contributed by atoms with Crippen molar-refractivity contribution in [3.63, 3.8) is 0 Å². The van der Waals surface area contributed by atoms with E-state index in [4.69, 9.17) is 4.74 Å². The van der Waals surface area contributed by atoms with Crippen LogP contribution in [0.4, 0.5) is 5.82 Å². The van der Waals surface area contributed by atoms with Gasteiger partial charge < -0.3 is 20.1 Å². The van der Waals surface area contributed by atoms with Crippen molar-refractivity contribution in [1.82, 2.24) is 10.3 Å². The van der Waals surface area contributed by atoms with Gasteiger partial charge in [-0.1, -0.05) is 13.8 Å². The minimum Gasteiger partial charge on any atom is -0.394 e. The largest absolute Gasteiger partial charge is 0.394 e. The first-order valence-corrected chi connectivity index (χ1v) is 7.69. The van der Waals surface area contributed by atoms with E-state index < -0.39 is 0 Å². The van der Waals surface area contributed by atoms with E-state index in [0.717, 1.165) is 12.4 Å². The number of ether oxygens (including phenoxy) is 1. The highest BCUT2D eigenvalue weighted by atomic mass is 16.5. The van der Waals surface area contributed by atoms with Crippen LogP contribution < -0.4 is 10.2 Å². The van der Waals surface area contributed by atoms with Crippen molar-refractivity contribution in [2.75, 3.05) is 24.7 Å². The monoisotopic (exact) mass is 293 g/mol. The summed E-state index contributed by atoms with van der Waals surface area (Å²) in [5.41, 5.74) is 2.37. The zero-order valence-corrected chi connectivity index (χ0v) is 13.5. The number of pyridine rings is 1. The number of morpholine rings is 1. The van der Waals surface area contributed by atoms with Crippen molar-refractivity contribution in [2.45, 2.75) is 52.4 Å². The lowest BCUT2D eigenvalue weighted by Crippen LogP contribution is -2.50. The van der Waals surface area contributed by atoms with E-state index in [0.29, 0.717) is 19.2 Å². The summed E-state index contributed by atoms with van der Waals surface area (Å²) in [6, 6.07) is 2.93. The maximum Gasteiger partial charge on any atom is 0.131 e. The molecule has 0 saturated carbocycles. The zero-order chi connectivity index (χ0) is 15.4. The quantitative estimate of drug-likeness (QED) is 0.861. The third-order valence-corrected chi connectivity index (χ3v) is 3.80. The molecule has 2 N–H and O–H groups in total. The van der Waals surface area contributed by atoms with Gasteiger partial charge in [0.1, 0.15) is 5.82 Å². The van der Waals surface area contributed by atoms with Gasteiger partial charge in [-0.25, -0.2) is 4.98 Å².